The summed E-state index contributed by atoms with van der Waals surface area (Å²) >= 11 is 0. The normalized spacial score (nSPS) is 20.1. The molecule has 0 unspecified atom stereocenters. The number of hydrogen-bond acceptors (Lipinski definition) is 3. The number of amidine groups is 1. The Morgan fingerprint density at radius 3 is 2.85 bits per heavy atom. The van der Waals surface area contributed by atoms with Gasteiger partial charge in [-0.2, -0.15) is 0 Å². The fourth-order valence-corrected chi connectivity index (χ4v) is 3.56. The van der Waals surface area contributed by atoms with Gasteiger partial charge in [-0.15, -0.1) is 0 Å². The van der Waals surface area contributed by atoms with Gasteiger partial charge in [0.05, 0.1) is 6.54 Å². The van der Waals surface area contributed by atoms with Crippen LogP contribution in [0.5, 0.6) is 0 Å². The molecule has 2 N–H and O–H groups in total. The Hall–Kier alpha value is -1.84. The average molecular weight is 268 g/mol. The predicted octanol–water partition coefficient (Wildman–Crippen LogP) is 2.96. The molecule has 1 aliphatic carbocycles. The number of aromatic amines is 1. The van der Waals surface area contributed by atoms with Gasteiger partial charge in [-0.1, -0.05) is 19.3 Å². The van der Waals surface area contributed by atoms with Crippen LogP contribution in [0.3, 0.4) is 0 Å². The lowest BCUT2D eigenvalue weighted by atomic mass is 9.85. The summed E-state index contributed by atoms with van der Waals surface area (Å²) in [6.45, 7) is 1.83. The minimum atomic E-state index is 0.637. The molecular weight excluding hydrogens is 248 g/mol. The zero-order valence-electron chi connectivity index (χ0n) is 11.7. The van der Waals surface area contributed by atoms with Crippen molar-refractivity contribution in [3.8, 4) is 0 Å². The maximum atomic E-state index is 4.64. The minimum absolute atomic E-state index is 0.637. The minimum Gasteiger partial charge on any atom is -0.368 e. The lowest BCUT2D eigenvalue weighted by Gasteiger charge is -2.22. The number of fused-ring (bicyclic) bond motifs is 1. The first-order chi connectivity index (χ1) is 9.93. The van der Waals surface area contributed by atoms with E-state index in [-0.39, 0.29) is 0 Å². The molecule has 1 aliphatic heterocycles. The van der Waals surface area contributed by atoms with Crippen LogP contribution in [0.2, 0.25) is 0 Å². The molecule has 1 saturated carbocycles. The summed E-state index contributed by atoms with van der Waals surface area (Å²) in [5.41, 5.74) is 3.63. The van der Waals surface area contributed by atoms with E-state index in [1.807, 2.05) is 12.3 Å². The van der Waals surface area contributed by atoms with E-state index in [2.05, 4.69) is 26.3 Å². The van der Waals surface area contributed by atoms with Gasteiger partial charge in [0.2, 0.25) is 0 Å². The van der Waals surface area contributed by atoms with Crippen LogP contribution in [-0.2, 0) is 0 Å². The van der Waals surface area contributed by atoms with Gasteiger partial charge < -0.3 is 10.3 Å². The van der Waals surface area contributed by atoms with Crippen LogP contribution in [0.25, 0.3) is 11.0 Å². The maximum absolute atomic E-state index is 4.64. The Balaban J connectivity index is 1.87. The summed E-state index contributed by atoms with van der Waals surface area (Å²) in [5, 5.41) is 4.64. The van der Waals surface area contributed by atoms with E-state index in [1.165, 1.54) is 48.7 Å². The highest BCUT2D eigenvalue weighted by Gasteiger charge is 2.25. The van der Waals surface area contributed by atoms with Crippen molar-refractivity contribution in [1.29, 1.82) is 0 Å². The van der Waals surface area contributed by atoms with E-state index < -0.39 is 0 Å². The first-order valence-electron chi connectivity index (χ1n) is 7.69. The fraction of sp³-hybridized carbons (Fsp3) is 0.500. The second-order valence-corrected chi connectivity index (χ2v) is 5.81. The third-order valence-electron chi connectivity index (χ3n) is 4.52. The molecule has 4 rings (SSSR count). The Morgan fingerprint density at radius 2 is 2.05 bits per heavy atom. The number of pyridine rings is 1. The van der Waals surface area contributed by atoms with E-state index in [1.54, 1.807) is 0 Å². The van der Waals surface area contributed by atoms with Gasteiger partial charge in [0.25, 0.3) is 0 Å². The number of hydrogen-bond donors (Lipinski definition) is 2. The smallest absolute Gasteiger partial charge is 0.138 e. The average Bonchev–Trinajstić information content (AvgIpc) is 3.14. The molecular formula is C16H20N4. The van der Waals surface area contributed by atoms with Crippen LogP contribution in [0.1, 0.15) is 49.3 Å². The molecule has 2 aromatic heterocycles. The summed E-state index contributed by atoms with van der Waals surface area (Å²) in [5.74, 6) is 1.70. The van der Waals surface area contributed by atoms with Gasteiger partial charge in [-0.25, -0.2) is 4.98 Å². The van der Waals surface area contributed by atoms with Crippen molar-refractivity contribution in [1.82, 2.24) is 15.3 Å². The molecule has 20 heavy (non-hydrogen) atoms. The van der Waals surface area contributed by atoms with E-state index in [0.29, 0.717) is 5.92 Å². The van der Waals surface area contributed by atoms with Crippen molar-refractivity contribution in [2.75, 3.05) is 13.1 Å². The van der Waals surface area contributed by atoms with Crippen LogP contribution in [0.15, 0.2) is 23.3 Å². The van der Waals surface area contributed by atoms with Crippen LogP contribution in [0.4, 0.5) is 0 Å². The highest BCUT2D eigenvalue weighted by atomic mass is 15.1. The first-order valence-corrected chi connectivity index (χ1v) is 7.69. The molecule has 0 bridgehead atoms. The molecule has 0 amide bonds. The SMILES string of the molecule is c1cnc2[nH]c(C3CCCCC3)c(C3=NCCN3)c2c1. The van der Waals surface area contributed by atoms with Crippen LogP contribution >= 0.6 is 0 Å². The molecule has 104 valence electrons. The molecule has 0 atom stereocenters. The van der Waals surface area contributed by atoms with Gasteiger partial charge in [0.1, 0.15) is 11.5 Å². The first kappa shape index (κ1) is 11.9. The number of nitrogens with zero attached hydrogens (tertiary/aromatic N) is 2. The number of nitrogens with one attached hydrogen (secondary N) is 2. The molecule has 0 aromatic carbocycles. The van der Waals surface area contributed by atoms with Crippen molar-refractivity contribution in [2.45, 2.75) is 38.0 Å². The summed E-state index contributed by atoms with van der Waals surface area (Å²) in [6, 6.07) is 4.17. The van der Waals surface area contributed by atoms with Gasteiger partial charge in [0, 0.05) is 29.4 Å². The second kappa shape index (κ2) is 4.93. The summed E-state index contributed by atoms with van der Waals surface area (Å²) < 4.78 is 0. The summed E-state index contributed by atoms with van der Waals surface area (Å²) in [6.07, 6.45) is 8.49. The van der Waals surface area contributed by atoms with E-state index in [9.17, 15) is 0 Å². The van der Waals surface area contributed by atoms with Crippen molar-refractivity contribution in [3.63, 3.8) is 0 Å². The highest BCUT2D eigenvalue weighted by molar-refractivity contribution is 6.11. The van der Waals surface area contributed by atoms with Crippen molar-refractivity contribution in [3.05, 3.63) is 29.6 Å². The standard InChI is InChI=1S/C16H20N4/c1-2-5-11(6-3-1)14-13(16-18-9-10-19-16)12-7-4-8-17-15(12)20-14/h4,7-8,11H,1-3,5-6,9-10H2,(H,17,20)(H,18,19). The zero-order valence-corrected chi connectivity index (χ0v) is 11.7. The predicted molar refractivity (Wildman–Crippen MR) is 81.3 cm³/mol. The van der Waals surface area contributed by atoms with Crippen molar-refractivity contribution < 1.29 is 0 Å². The lowest BCUT2D eigenvalue weighted by Crippen LogP contribution is -2.21. The van der Waals surface area contributed by atoms with E-state index in [0.717, 1.165) is 24.6 Å². The largest absolute Gasteiger partial charge is 0.368 e. The van der Waals surface area contributed by atoms with Gasteiger partial charge in [-0.3, -0.25) is 4.99 Å². The van der Waals surface area contributed by atoms with E-state index >= 15 is 0 Å². The zero-order chi connectivity index (χ0) is 13.4. The second-order valence-electron chi connectivity index (χ2n) is 5.81. The quantitative estimate of drug-likeness (QED) is 0.879. The maximum Gasteiger partial charge on any atom is 0.138 e. The van der Waals surface area contributed by atoms with Gasteiger partial charge >= 0.3 is 0 Å². The van der Waals surface area contributed by atoms with Crippen LogP contribution in [-0.4, -0.2) is 28.9 Å². The van der Waals surface area contributed by atoms with Gasteiger partial charge in [0.15, 0.2) is 0 Å². The number of H-pyrrole nitrogens is 1. The molecule has 2 aliphatic rings. The monoisotopic (exact) mass is 268 g/mol. The Labute approximate surface area is 118 Å². The molecule has 0 radical (unpaired) electrons. The Kier molecular flexibility index (Phi) is 2.94. The van der Waals surface area contributed by atoms with Crippen LogP contribution < -0.4 is 5.32 Å². The molecule has 0 spiro atoms. The topological polar surface area (TPSA) is 53.1 Å². The third-order valence-corrected chi connectivity index (χ3v) is 4.52. The highest BCUT2D eigenvalue weighted by Crippen LogP contribution is 2.36. The van der Waals surface area contributed by atoms with Crippen LogP contribution in [0, 0.1) is 0 Å². The lowest BCUT2D eigenvalue weighted by molar-refractivity contribution is 0.438. The van der Waals surface area contributed by atoms with Crippen molar-refractivity contribution in [2.24, 2.45) is 4.99 Å². The fourth-order valence-electron chi connectivity index (χ4n) is 3.56. The molecule has 4 heteroatoms. The molecule has 0 saturated heterocycles. The van der Waals surface area contributed by atoms with Gasteiger partial charge in [-0.05, 0) is 30.9 Å². The molecule has 2 aromatic rings. The van der Waals surface area contributed by atoms with E-state index in [4.69, 9.17) is 0 Å². The summed E-state index contributed by atoms with van der Waals surface area (Å²) in [4.78, 5) is 12.7. The number of aromatic nitrogens is 2. The Morgan fingerprint density at radius 1 is 1.15 bits per heavy atom. The van der Waals surface area contributed by atoms with Crippen molar-refractivity contribution >= 4 is 16.9 Å². The summed E-state index contributed by atoms with van der Waals surface area (Å²) in [7, 11) is 0. The number of aliphatic imine (C=N–C) groups is 1. The molecule has 3 heterocycles. The third kappa shape index (κ3) is 1.90. The molecule has 1 fully saturated rings. The Bertz CT molecular complexity index is 650. The molecule has 4 nitrogen and oxygen atoms in total. The number of rotatable bonds is 2.